The van der Waals surface area contributed by atoms with E-state index in [0.29, 0.717) is 0 Å². The average molecular weight is 291 g/mol. The fourth-order valence-corrected chi connectivity index (χ4v) is 1.37. The number of rotatable bonds is 6. The predicted molar refractivity (Wildman–Crippen MR) is 58.9 cm³/mol. The summed E-state index contributed by atoms with van der Waals surface area (Å²) in [7, 11) is 0. The molecule has 0 aliphatic carbocycles. The topological polar surface area (TPSA) is 177 Å². The highest BCUT2D eigenvalue weighted by molar-refractivity contribution is 5.90. The van der Waals surface area contributed by atoms with Crippen molar-refractivity contribution in [3.63, 3.8) is 0 Å². The summed E-state index contributed by atoms with van der Waals surface area (Å²) >= 11 is 0. The highest BCUT2D eigenvalue weighted by atomic mass is 16.6. The van der Waals surface area contributed by atoms with Crippen LogP contribution in [0.25, 0.3) is 0 Å². The number of aliphatic hydroxyl groups excluding tert-OH is 3. The molecule has 10 heteroatoms. The van der Waals surface area contributed by atoms with Crippen LogP contribution in [0.1, 0.15) is 6.42 Å². The lowest BCUT2D eigenvalue weighted by atomic mass is 10.1. The van der Waals surface area contributed by atoms with Gasteiger partial charge in [0.2, 0.25) is 11.5 Å². The average Bonchev–Trinajstić information content (AvgIpc) is 2.65. The maximum absolute atomic E-state index is 11.5. The Morgan fingerprint density at radius 2 is 2.05 bits per heavy atom. The van der Waals surface area contributed by atoms with Crippen molar-refractivity contribution in [1.29, 1.82) is 0 Å². The molecule has 0 aromatic heterocycles. The Balaban J connectivity index is 2.84. The van der Waals surface area contributed by atoms with Crippen LogP contribution in [0, 0.1) is 0 Å². The van der Waals surface area contributed by atoms with E-state index in [0.717, 1.165) is 0 Å². The lowest BCUT2D eigenvalue weighted by Crippen LogP contribution is -2.38. The molecule has 112 valence electrons. The first-order valence-corrected chi connectivity index (χ1v) is 5.40. The number of carboxylic acid groups (broad SMARTS) is 1. The molecule has 0 bridgehead atoms. The molecule has 1 aliphatic heterocycles. The lowest BCUT2D eigenvalue weighted by molar-refractivity contribution is -0.152. The molecule has 10 nitrogen and oxygen atoms in total. The van der Waals surface area contributed by atoms with E-state index >= 15 is 0 Å². The largest absolute Gasteiger partial charge is 0.499 e. The van der Waals surface area contributed by atoms with Crippen molar-refractivity contribution >= 4 is 17.9 Å². The molecule has 0 amide bonds. The Morgan fingerprint density at radius 1 is 1.45 bits per heavy atom. The normalized spacial score (nSPS) is 21.4. The molecular weight excluding hydrogens is 278 g/mol. The van der Waals surface area contributed by atoms with Crippen molar-refractivity contribution in [1.82, 2.24) is 0 Å². The van der Waals surface area contributed by atoms with Gasteiger partial charge in [-0.1, -0.05) is 0 Å². The molecule has 0 aromatic rings. The van der Waals surface area contributed by atoms with Gasteiger partial charge in [-0.25, -0.2) is 9.59 Å². The van der Waals surface area contributed by atoms with Gasteiger partial charge < -0.3 is 35.6 Å². The molecule has 20 heavy (non-hydrogen) atoms. The Morgan fingerprint density at radius 3 is 2.55 bits per heavy atom. The molecule has 0 unspecified atom stereocenters. The molecule has 0 radical (unpaired) electrons. The van der Waals surface area contributed by atoms with Gasteiger partial charge in [-0.05, 0) is 0 Å². The zero-order chi connectivity index (χ0) is 15.4. The number of cyclic esters (lactones) is 1. The van der Waals surface area contributed by atoms with Crippen molar-refractivity contribution < 1.29 is 44.3 Å². The van der Waals surface area contributed by atoms with Crippen LogP contribution in [0.2, 0.25) is 0 Å². The summed E-state index contributed by atoms with van der Waals surface area (Å²) in [6.45, 7) is -0.826. The summed E-state index contributed by atoms with van der Waals surface area (Å²) in [6, 6.07) is -1.53. The van der Waals surface area contributed by atoms with Crippen LogP contribution in [0.15, 0.2) is 11.5 Å². The molecule has 1 heterocycles. The van der Waals surface area contributed by atoms with E-state index in [2.05, 4.69) is 9.47 Å². The number of nitrogens with two attached hydrogens (primary N) is 1. The Hall–Kier alpha value is -2.17. The molecular formula is C10H13NO9. The van der Waals surface area contributed by atoms with E-state index in [-0.39, 0.29) is 0 Å². The third-order valence-electron chi connectivity index (χ3n) is 2.36. The molecule has 3 atom stereocenters. The number of ether oxygens (including phenoxy) is 2. The number of esters is 2. The van der Waals surface area contributed by atoms with Gasteiger partial charge in [0, 0.05) is 0 Å². The molecule has 0 saturated carbocycles. The van der Waals surface area contributed by atoms with Crippen LogP contribution in [-0.4, -0.2) is 63.2 Å². The number of carbonyl (C=O) groups is 3. The molecule has 0 saturated heterocycles. The maximum Gasteiger partial charge on any atom is 0.378 e. The first-order chi connectivity index (χ1) is 9.27. The number of aliphatic hydroxyl groups is 3. The summed E-state index contributed by atoms with van der Waals surface area (Å²) in [4.78, 5) is 33.0. The molecule has 0 fully saturated rings. The van der Waals surface area contributed by atoms with E-state index in [1.807, 2.05) is 0 Å². The standard InChI is InChI=1S/C10H13NO9/c11-3(1-5(14)15)9(17)20-8-6(16)10(18)19-7(8)4(13)2-12/h3-4,7,12-13,16H,1-2,11H2,(H,14,15)/t3-,4-,7+/m0/s1. The van der Waals surface area contributed by atoms with Crippen molar-refractivity contribution in [3.8, 4) is 0 Å². The zero-order valence-corrected chi connectivity index (χ0v) is 10.1. The van der Waals surface area contributed by atoms with E-state index in [1.165, 1.54) is 0 Å². The SMILES string of the molecule is N[C@@H](CC(=O)O)C(=O)OC1=C(O)C(=O)O[C@@H]1[C@@H](O)CO. The minimum absolute atomic E-state index is 0.720. The summed E-state index contributed by atoms with van der Waals surface area (Å²) in [5.74, 6) is -5.61. The summed E-state index contributed by atoms with van der Waals surface area (Å²) in [6.07, 6.45) is -3.93. The quantitative estimate of drug-likeness (QED) is 0.325. The van der Waals surface area contributed by atoms with Crippen LogP contribution >= 0.6 is 0 Å². The van der Waals surface area contributed by atoms with Crippen molar-refractivity contribution in [2.75, 3.05) is 6.61 Å². The van der Waals surface area contributed by atoms with E-state index in [1.54, 1.807) is 0 Å². The summed E-state index contributed by atoms with van der Waals surface area (Å²) in [5, 5.41) is 36.0. The molecule has 1 aliphatic rings. The number of aliphatic carboxylic acids is 1. The van der Waals surface area contributed by atoms with Gasteiger partial charge >= 0.3 is 17.9 Å². The number of carboxylic acids is 1. The smallest absolute Gasteiger partial charge is 0.378 e. The zero-order valence-electron chi connectivity index (χ0n) is 10.1. The Labute approximate surface area is 112 Å². The fraction of sp³-hybridized carbons (Fsp3) is 0.500. The molecule has 0 aromatic carbocycles. The van der Waals surface area contributed by atoms with Crippen molar-refractivity contribution in [3.05, 3.63) is 11.5 Å². The number of carbonyl (C=O) groups excluding carboxylic acids is 2. The third-order valence-corrected chi connectivity index (χ3v) is 2.36. The second kappa shape index (κ2) is 6.32. The van der Waals surface area contributed by atoms with Gasteiger partial charge in [0.1, 0.15) is 12.1 Å². The second-order valence-electron chi connectivity index (χ2n) is 3.91. The number of hydrogen-bond donors (Lipinski definition) is 5. The maximum atomic E-state index is 11.5. The van der Waals surface area contributed by atoms with Crippen molar-refractivity contribution in [2.45, 2.75) is 24.7 Å². The van der Waals surface area contributed by atoms with Gasteiger partial charge in [0.25, 0.3) is 0 Å². The molecule has 1 rings (SSSR count). The lowest BCUT2D eigenvalue weighted by Gasteiger charge is -2.18. The van der Waals surface area contributed by atoms with Gasteiger partial charge in [-0.15, -0.1) is 0 Å². The first kappa shape index (κ1) is 15.9. The Kier molecular flexibility index (Phi) is 5.02. The minimum Gasteiger partial charge on any atom is -0.499 e. The monoisotopic (exact) mass is 291 g/mol. The highest BCUT2D eigenvalue weighted by Gasteiger charge is 2.42. The summed E-state index contributed by atoms with van der Waals surface area (Å²) < 4.78 is 9.07. The van der Waals surface area contributed by atoms with Gasteiger partial charge in [0.05, 0.1) is 13.0 Å². The van der Waals surface area contributed by atoms with Crippen LogP contribution < -0.4 is 5.73 Å². The van der Waals surface area contributed by atoms with Crippen LogP contribution in [-0.2, 0) is 23.9 Å². The van der Waals surface area contributed by atoms with Crippen molar-refractivity contribution in [2.24, 2.45) is 5.73 Å². The van der Waals surface area contributed by atoms with Gasteiger partial charge in [0.15, 0.2) is 6.10 Å². The highest BCUT2D eigenvalue weighted by Crippen LogP contribution is 2.25. The molecule has 6 N–H and O–H groups in total. The fourth-order valence-electron chi connectivity index (χ4n) is 1.37. The second-order valence-corrected chi connectivity index (χ2v) is 3.91. The number of hydrogen-bond acceptors (Lipinski definition) is 9. The molecule has 0 spiro atoms. The van der Waals surface area contributed by atoms with E-state index in [4.69, 9.17) is 15.9 Å². The minimum atomic E-state index is -1.62. The third kappa shape index (κ3) is 3.44. The van der Waals surface area contributed by atoms with Crippen LogP contribution in [0.5, 0.6) is 0 Å². The van der Waals surface area contributed by atoms with E-state index < -0.39 is 60.7 Å². The predicted octanol–water partition coefficient (Wildman–Crippen LogP) is -2.62. The first-order valence-electron chi connectivity index (χ1n) is 5.40. The summed E-state index contributed by atoms with van der Waals surface area (Å²) in [5.41, 5.74) is 5.23. The van der Waals surface area contributed by atoms with Gasteiger partial charge in [-0.2, -0.15) is 0 Å². The van der Waals surface area contributed by atoms with Gasteiger partial charge in [-0.3, -0.25) is 4.79 Å². The Bertz CT molecular complexity index is 458. The van der Waals surface area contributed by atoms with Crippen LogP contribution in [0.4, 0.5) is 0 Å². The van der Waals surface area contributed by atoms with E-state index in [9.17, 15) is 24.6 Å². The van der Waals surface area contributed by atoms with Crippen LogP contribution in [0.3, 0.4) is 0 Å².